The molecule has 0 bridgehead atoms. The maximum absolute atomic E-state index is 5.87. The molecule has 8 nitrogen and oxygen atoms in total. The second kappa shape index (κ2) is 6.45. The average molecular weight is 350 g/mol. The summed E-state index contributed by atoms with van der Waals surface area (Å²) in [7, 11) is 0. The highest BCUT2D eigenvalue weighted by molar-refractivity contribution is 5.67. The zero-order valence-electron chi connectivity index (χ0n) is 15.2. The van der Waals surface area contributed by atoms with E-state index in [9.17, 15) is 0 Å². The first-order valence-electron chi connectivity index (χ1n) is 8.84. The summed E-state index contributed by atoms with van der Waals surface area (Å²) < 4.78 is 1.99. The molecule has 0 fully saturated rings. The quantitative estimate of drug-likeness (QED) is 0.770. The van der Waals surface area contributed by atoms with Crippen LogP contribution in [-0.2, 0) is 6.54 Å². The van der Waals surface area contributed by atoms with Gasteiger partial charge in [-0.05, 0) is 31.9 Å². The van der Waals surface area contributed by atoms with Crippen LogP contribution in [0.4, 0.5) is 5.82 Å². The van der Waals surface area contributed by atoms with Gasteiger partial charge in [-0.3, -0.25) is 9.55 Å². The van der Waals surface area contributed by atoms with E-state index in [0.29, 0.717) is 12.4 Å². The van der Waals surface area contributed by atoms with Crippen molar-refractivity contribution in [3.8, 4) is 17.1 Å². The van der Waals surface area contributed by atoms with Crippen LogP contribution in [0.1, 0.15) is 44.6 Å². The molecule has 0 spiro atoms. The van der Waals surface area contributed by atoms with Crippen LogP contribution in [0.2, 0.25) is 0 Å². The van der Waals surface area contributed by atoms with E-state index < -0.39 is 0 Å². The van der Waals surface area contributed by atoms with Gasteiger partial charge in [0.1, 0.15) is 12.0 Å². The standard InChI is InChI=1S/C18H22N8/c1-4-14-18-24-22-10-25(18)15-9-21-16(23-17(15)26(14)11(2)3)13-5-6-20-8-12(13)7-19/h5-6,8-11,14H,4,7,19H2,1-3H3. The van der Waals surface area contributed by atoms with Gasteiger partial charge in [-0.1, -0.05) is 6.92 Å². The lowest BCUT2D eigenvalue weighted by molar-refractivity contribution is 0.497. The Hall–Kier alpha value is -2.87. The number of nitrogens with zero attached hydrogens (tertiary/aromatic N) is 7. The maximum atomic E-state index is 5.87. The minimum Gasteiger partial charge on any atom is -0.342 e. The number of anilines is 1. The molecule has 2 N–H and O–H groups in total. The molecule has 134 valence electrons. The van der Waals surface area contributed by atoms with Crippen LogP contribution < -0.4 is 10.6 Å². The van der Waals surface area contributed by atoms with Crippen LogP contribution in [0, 0.1) is 0 Å². The SMILES string of the molecule is CCC1c2nncn2-c2cnc(-c3ccncc3CN)nc2N1C(C)C. The zero-order valence-corrected chi connectivity index (χ0v) is 15.2. The molecule has 8 heteroatoms. The van der Waals surface area contributed by atoms with Gasteiger partial charge in [0, 0.05) is 30.5 Å². The van der Waals surface area contributed by atoms with Gasteiger partial charge in [0.05, 0.1) is 12.2 Å². The Morgan fingerprint density at radius 1 is 1.27 bits per heavy atom. The number of pyridine rings is 1. The smallest absolute Gasteiger partial charge is 0.162 e. The lowest BCUT2D eigenvalue weighted by atomic mass is 10.1. The molecule has 4 heterocycles. The molecule has 0 radical (unpaired) electrons. The summed E-state index contributed by atoms with van der Waals surface area (Å²) in [4.78, 5) is 16.0. The molecular formula is C18H22N8. The monoisotopic (exact) mass is 350 g/mol. The molecule has 26 heavy (non-hydrogen) atoms. The van der Waals surface area contributed by atoms with Crippen molar-refractivity contribution in [1.82, 2.24) is 29.7 Å². The molecule has 0 aliphatic carbocycles. The maximum Gasteiger partial charge on any atom is 0.162 e. The summed E-state index contributed by atoms with van der Waals surface area (Å²) in [5.74, 6) is 2.48. The fraction of sp³-hybridized carbons (Fsp3) is 0.389. The van der Waals surface area contributed by atoms with Gasteiger partial charge in [0.25, 0.3) is 0 Å². The normalized spacial score (nSPS) is 15.9. The summed E-state index contributed by atoms with van der Waals surface area (Å²) in [6.45, 7) is 6.88. The molecule has 1 aliphatic rings. The molecule has 0 saturated heterocycles. The fourth-order valence-electron chi connectivity index (χ4n) is 3.58. The highest BCUT2D eigenvalue weighted by Gasteiger charge is 2.35. The summed E-state index contributed by atoms with van der Waals surface area (Å²) in [5.41, 5.74) is 8.61. The van der Waals surface area contributed by atoms with Gasteiger partial charge in [0.2, 0.25) is 0 Å². The molecule has 1 atom stereocenters. The van der Waals surface area contributed by atoms with E-state index in [1.54, 1.807) is 18.7 Å². The number of nitrogens with two attached hydrogens (primary N) is 1. The largest absolute Gasteiger partial charge is 0.342 e. The van der Waals surface area contributed by atoms with E-state index in [0.717, 1.165) is 34.9 Å². The molecule has 3 aromatic heterocycles. The van der Waals surface area contributed by atoms with E-state index in [4.69, 9.17) is 10.7 Å². The first kappa shape index (κ1) is 16.6. The topological polar surface area (TPSA) is 98.6 Å². The van der Waals surface area contributed by atoms with Gasteiger partial charge >= 0.3 is 0 Å². The van der Waals surface area contributed by atoms with Crippen molar-refractivity contribution in [2.24, 2.45) is 5.73 Å². The van der Waals surface area contributed by atoms with Crippen molar-refractivity contribution < 1.29 is 0 Å². The first-order valence-corrected chi connectivity index (χ1v) is 8.84. The molecule has 3 aromatic rings. The van der Waals surface area contributed by atoms with Gasteiger partial charge in [-0.25, -0.2) is 9.97 Å². The summed E-state index contributed by atoms with van der Waals surface area (Å²) in [6, 6.07) is 2.30. The highest BCUT2D eigenvalue weighted by Crippen LogP contribution is 2.39. The van der Waals surface area contributed by atoms with Crippen LogP contribution in [0.3, 0.4) is 0 Å². The first-order chi connectivity index (χ1) is 12.7. The number of hydrogen-bond acceptors (Lipinski definition) is 7. The fourth-order valence-corrected chi connectivity index (χ4v) is 3.58. The van der Waals surface area contributed by atoms with Gasteiger partial charge in [-0.15, -0.1) is 10.2 Å². The van der Waals surface area contributed by atoms with E-state index in [1.165, 1.54) is 0 Å². The van der Waals surface area contributed by atoms with Crippen LogP contribution >= 0.6 is 0 Å². The second-order valence-corrected chi connectivity index (χ2v) is 6.62. The van der Waals surface area contributed by atoms with Gasteiger partial charge < -0.3 is 10.6 Å². The summed E-state index contributed by atoms with van der Waals surface area (Å²) >= 11 is 0. The van der Waals surface area contributed by atoms with E-state index in [2.05, 4.69) is 45.8 Å². The van der Waals surface area contributed by atoms with Crippen molar-refractivity contribution in [2.45, 2.75) is 45.8 Å². The van der Waals surface area contributed by atoms with Crippen molar-refractivity contribution in [1.29, 1.82) is 0 Å². The van der Waals surface area contributed by atoms with Gasteiger partial charge in [-0.2, -0.15) is 0 Å². The molecular weight excluding hydrogens is 328 g/mol. The number of hydrogen-bond donors (Lipinski definition) is 1. The van der Waals surface area contributed by atoms with Gasteiger partial charge in [0.15, 0.2) is 17.5 Å². The number of aromatic nitrogens is 6. The Labute approximate surface area is 152 Å². The number of fused-ring (bicyclic) bond motifs is 3. The minimum atomic E-state index is 0.124. The third-order valence-electron chi connectivity index (χ3n) is 4.77. The van der Waals surface area contributed by atoms with Crippen molar-refractivity contribution >= 4 is 5.82 Å². The van der Waals surface area contributed by atoms with Crippen LogP contribution in [0.15, 0.2) is 31.0 Å². The van der Waals surface area contributed by atoms with Crippen molar-refractivity contribution in [2.75, 3.05) is 4.90 Å². The van der Waals surface area contributed by atoms with Crippen LogP contribution in [0.5, 0.6) is 0 Å². The van der Waals surface area contributed by atoms with Crippen molar-refractivity contribution in [3.63, 3.8) is 0 Å². The minimum absolute atomic E-state index is 0.124. The molecule has 4 rings (SSSR count). The lowest BCUT2D eigenvalue weighted by Crippen LogP contribution is -2.40. The molecule has 1 unspecified atom stereocenters. The van der Waals surface area contributed by atoms with Crippen molar-refractivity contribution in [3.05, 3.63) is 42.4 Å². The Morgan fingerprint density at radius 3 is 2.85 bits per heavy atom. The molecule has 1 aliphatic heterocycles. The predicted molar refractivity (Wildman–Crippen MR) is 98.7 cm³/mol. The Bertz CT molecular complexity index is 932. The molecule has 0 saturated carbocycles. The Kier molecular flexibility index (Phi) is 4.12. The summed E-state index contributed by atoms with van der Waals surface area (Å²) in [5, 5.41) is 8.45. The third-order valence-corrected chi connectivity index (χ3v) is 4.77. The van der Waals surface area contributed by atoms with Crippen LogP contribution in [0.25, 0.3) is 17.1 Å². The Balaban J connectivity index is 1.93. The van der Waals surface area contributed by atoms with E-state index >= 15 is 0 Å². The number of rotatable bonds is 4. The molecule has 0 amide bonds. The second-order valence-electron chi connectivity index (χ2n) is 6.62. The highest BCUT2D eigenvalue weighted by atomic mass is 15.4. The zero-order chi connectivity index (χ0) is 18.3. The van der Waals surface area contributed by atoms with E-state index in [-0.39, 0.29) is 12.1 Å². The summed E-state index contributed by atoms with van der Waals surface area (Å²) in [6.07, 6.45) is 8.00. The Morgan fingerprint density at radius 2 is 2.12 bits per heavy atom. The average Bonchev–Trinajstić information content (AvgIpc) is 3.15. The van der Waals surface area contributed by atoms with Crippen LogP contribution in [-0.4, -0.2) is 35.8 Å². The predicted octanol–water partition coefficient (Wildman–Crippen LogP) is 2.26. The lowest BCUT2D eigenvalue weighted by Gasteiger charge is -2.39. The third kappa shape index (κ3) is 2.45. The van der Waals surface area contributed by atoms with E-state index in [1.807, 2.05) is 16.8 Å². The molecule has 0 aromatic carbocycles.